The molecule has 0 atom stereocenters. The lowest BCUT2D eigenvalue weighted by Crippen LogP contribution is -2.34. The molecule has 0 saturated heterocycles. The van der Waals surface area contributed by atoms with Gasteiger partial charge in [-0.15, -0.1) is 0 Å². The minimum Gasteiger partial charge on any atom is -0.326 e. The van der Waals surface area contributed by atoms with E-state index in [1.54, 1.807) is 48.5 Å². The van der Waals surface area contributed by atoms with Crippen LogP contribution in [-0.4, -0.2) is 11.9 Å². The molecule has 2 aromatic carbocycles. The van der Waals surface area contributed by atoms with Gasteiger partial charge in [0.15, 0.2) is 0 Å². The smallest absolute Gasteiger partial charge is 0.326 e. The van der Waals surface area contributed by atoms with Crippen molar-refractivity contribution in [2.75, 3.05) is 5.32 Å². The minimum atomic E-state index is -0.716. The number of nitrogens with two attached hydrogens (primary N) is 1. The summed E-state index contributed by atoms with van der Waals surface area (Å²) in [5.74, 6) is -0.526. The molecule has 0 heterocycles. The molecule has 0 saturated carbocycles. The maximum absolute atomic E-state index is 11.9. The minimum absolute atomic E-state index is 0.164. The van der Waals surface area contributed by atoms with Crippen LogP contribution < -0.4 is 16.4 Å². The van der Waals surface area contributed by atoms with Crippen molar-refractivity contribution in [2.45, 2.75) is 6.54 Å². The molecule has 0 aliphatic rings. The summed E-state index contributed by atoms with van der Waals surface area (Å²) in [5.41, 5.74) is 7.17. The number of imide groups is 1. The maximum Gasteiger partial charge on any atom is 0.326 e. The molecule has 0 aliphatic carbocycles. The molecule has 0 radical (unpaired) electrons. The van der Waals surface area contributed by atoms with Crippen LogP contribution in [0.3, 0.4) is 0 Å². The second kappa shape index (κ2) is 7.02. The summed E-state index contributed by atoms with van der Waals surface area (Å²) in [7, 11) is 0. The van der Waals surface area contributed by atoms with Gasteiger partial charge in [-0.3, -0.25) is 10.1 Å². The van der Waals surface area contributed by atoms with Crippen LogP contribution >= 0.6 is 0 Å². The van der Waals surface area contributed by atoms with Gasteiger partial charge in [-0.2, -0.15) is 5.26 Å². The number of hydrogen-bond donors (Lipinski definition) is 3. The summed E-state index contributed by atoms with van der Waals surface area (Å²) in [6.45, 7) is 0.164. The zero-order valence-corrected chi connectivity index (χ0v) is 11.7. The van der Waals surface area contributed by atoms with Crippen molar-refractivity contribution < 1.29 is 9.59 Å². The Balaban J connectivity index is 2.13. The van der Waals surface area contributed by atoms with Gasteiger partial charge >= 0.3 is 6.03 Å². The highest BCUT2D eigenvalue weighted by Gasteiger charge is 2.13. The Kier molecular flexibility index (Phi) is 4.85. The Hall–Kier alpha value is -3.17. The molecule has 0 bridgehead atoms. The van der Waals surface area contributed by atoms with Gasteiger partial charge < -0.3 is 11.1 Å². The number of nitriles is 1. The molecule has 0 spiro atoms. The number of para-hydroxylation sites is 1. The molecule has 0 aromatic heterocycles. The highest BCUT2D eigenvalue weighted by Crippen LogP contribution is 2.20. The lowest BCUT2D eigenvalue weighted by Gasteiger charge is -2.12. The standard InChI is InChI=1S/C16H14N4O2/c17-9-12-7-4-8-13(10-18)14(12)19-16(22)20-15(21)11-5-2-1-3-6-11/h1-8H,9,17H2,(H2,19,20,21,22). The fourth-order valence-electron chi connectivity index (χ4n) is 1.92. The van der Waals surface area contributed by atoms with Crippen LogP contribution in [0.25, 0.3) is 0 Å². The molecule has 3 amide bonds. The number of nitrogens with one attached hydrogen (secondary N) is 2. The van der Waals surface area contributed by atoms with Gasteiger partial charge in [0.05, 0.1) is 11.3 Å². The third-order valence-corrected chi connectivity index (χ3v) is 2.99. The van der Waals surface area contributed by atoms with E-state index >= 15 is 0 Å². The summed E-state index contributed by atoms with van der Waals surface area (Å²) in [6, 6.07) is 14.6. The van der Waals surface area contributed by atoms with E-state index < -0.39 is 11.9 Å². The fraction of sp³-hybridized carbons (Fsp3) is 0.0625. The average Bonchev–Trinajstić information content (AvgIpc) is 2.55. The van der Waals surface area contributed by atoms with E-state index in [0.717, 1.165) is 0 Å². The third kappa shape index (κ3) is 3.48. The van der Waals surface area contributed by atoms with Crippen molar-refractivity contribution in [2.24, 2.45) is 5.73 Å². The molecule has 22 heavy (non-hydrogen) atoms. The van der Waals surface area contributed by atoms with E-state index in [1.807, 2.05) is 6.07 Å². The highest BCUT2D eigenvalue weighted by atomic mass is 16.2. The Morgan fingerprint density at radius 2 is 1.82 bits per heavy atom. The molecular formula is C16H14N4O2. The van der Waals surface area contributed by atoms with Crippen molar-refractivity contribution in [3.63, 3.8) is 0 Å². The summed E-state index contributed by atoms with van der Waals surface area (Å²) in [5, 5.41) is 13.8. The zero-order valence-electron chi connectivity index (χ0n) is 11.7. The third-order valence-electron chi connectivity index (χ3n) is 2.99. The van der Waals surface area contributed by atoms with E-state index in [2.05, 4.69) is 10.6 Å². The van der Waals surface area contributed by atoms with Crippen molar-refractivity contribution in [1.82, 2.24) is 5.32 Å². The molecule has 0 fully saturated rings. The van der Waals surface area contributed by atoms with Crippen LogP contribution in [0.5, 0.6) is 0 Å². The fourth-order valence-corrected chi connectivity index (χ4v) is 1.92. The quantitative estimate of drug-likeness (QED) is 0.804. The number of anilines is 1. The van der Waals surface area contributed by atoms with E-state index in [4.69, 9.17) is 11.0 Å². The van der Waals surface area contributed by atoms with E-state index in [9.17, 15) is 9.59 Å². The Labute approximate surface area is 127 Å². The average molecular weight is 294 g/mol. The maximum atomic E-state index is 11.9. The predicted molar refractivity (Wildman–Crippen MR) is 82.0 cm³/mol. The van der Waals surface area contributed by atoms with Gasteiger partial charge in [0.25, 0.3) is 5.91 Å². The molecule has 4 N–H and O–H groups in total. The molecule has 110 valence electrons. The first-order valence-electron chi connectivity index (χ1n) is 6.55. The molecule has 6 nitrogen and oxygen atoms in total. The normalized spacial score (nSPS) is 9.64. The summed E-state index contributed by atoms with van der Waals surface area (Å²) in [6.07, 6.45) is 0. The van der Waals surface area contributed by atoms with Gasteiger partial charge in [-0.25, -0.2) is 4.79 Å². The lowest BCUT2D eigenvalue weighted by atomic mass is 10.1. The van der Waals surface area contributed by atoms with Crippen LogP contribution in [0.4, 0.5) is 10.5 Å². The van der Waals surface area contributed by atoms with E-state index in [0.29, 0.717) is 16.8 Å². The van der Waals surface area contributed by atoms with Gasteiger partial charge in [0.1, 0.15) is 6.07 Å². The summed E-state index contributed by atoms with van der Waals surface area (Å²) in [4.78, 5) is 23.8. The highest BCUT2D eigenvalue weighted by molar-refractivity contribution is 6.08. The van der Waals surface area contributed by atoms with Gasteiger partial charge in [0, 0.05) is 12.1 Å². The van der Waals surface area contributed by atoms with Crippen molar-refractivity contribution in [1.29, 1.82) is 5.26 Å². The zero-order chi connectivity index (χ0) is 15.9. The molecule has 2 aromatic rings. The van der Waals surface area contributed by atoms with E-state index in [-0.39, 0.29) is 12.1 Å². The van der Waals surface area contributed by atoms with Gasteiger partial charge in [-0.1, -0.05) is 30.3 Å². The topological polar surface area (TPSA) is 108 Å². The number of carbonyl (C=O) groups excluding carboxylic acids is 2. The van der Waals surface area contributed by atoms with Crippen molar-refractivity contribution >= 4 is 17.6 Å². The number of amides is 3. The number of benzene rings is 2. The van der Waals surface area contributed by atoms with Gasteiger partial charge in [-0.05, 0) is 23.8 Å². The first-order chi connectivity index (χ1) is 10.7. The van der Waals surface area contributed by atoms with Crippen molar-refractivity contribution in [3.05, 3.63) is 65.2 Å². The lowest BCUT2D eigenvalue weighted by molar-refractivity contribution is 0.0967. The first-order valence-corrected chi connectivity index (χ1v) is 6.55. The number of hydrogen-bond acceptors (Lipinski definition) is 4. The SMILES string of the molecule is N#Cc1cccc(CN)c1NC(=O)NC(=O)c1ccccc1. The monoisotopic (exact) mass is 294 g/mol. The number of carbonyl (C=O) groups is 2. The Morgan fingerprint density at radius 1 is 1.09 bits per heavy atom. The summed E-state index contributed by atoms with van der Waals surface area (Å²) < 4.78 is 0. The largest absolute Gasteiger partial charge is 0.326 e. The Morgan fingerprint density at radius 3 is 2.45 bits per heavy atom. The van der Waals surface area contributed by atoms with Crippen LogP contribution in [0.1, 0.15) is 21.5 Å². The second-order valence-electron chi connectivity index (χ2n) is 4.43. The van der Waals surface area contributed by atoms with Gasteiger partial charge in [0.2, 0.25) is 0 Å². The molecule has 0 unspecified atom stereocenters. The molecule has 6 heteroatoms. The van der Waals surface area contributed by atoms with Crippen LogP contribution in [0.15, 0.2) is 48.5 Å². The number of nitrogens with zero attached hydrogens (tertiary/aromatic N) is 1. The van der Waals surface area contributed by atoms with E-state index in [1.165, 1.54) is 0 Å². The number of urea groups is 1. The molecule has 2 rings (SSSR count). The van der Waals surface area contributed by atoms with Crippen LogP contribution in [0.2, 0.25) is 0 Å². The van der Waals surface area contributed by atoms with Crippen LogP contribution in [-0.2, 0) is 6.54 Å². The Bertz CT molecular complexity index is 736. The molecule has 0 aliphatic heterocycles. The van der Waals surface area contributed by atoms with Crippen molar-refractivity contribution in [3.8, 4) is 6.07 Å². The first kappa shape index (κ1) is 15.2. The molecular weight excluding hydrogens is 280 g/mol. The predicted octanol–water partition coefficient (Wildman–Crippen LogP) is 1.98. The second-order valence-corrected chi connectivity index (χ2v) is 4.43. The summed E-state index contributed by atoms with van der Waals surface area (Å²) >= 11 is 0. The van der Waals surface area contributed by atoms with Crippen LogP contribution in [0, 0.1) is 11.3 Å². The number of rotatable bonds is 3.